The van der Waals surface area contributed by atoms with Gasteiger partial charge in [0.15, 0.2) is 11.5 Å². The summed E-state index contributed by atoms with van der Waals surface area (Å²) in [5, 5.41) is 0. The van der Waals surface area contributed by atoms with E-state index in [2.05, 4.69) is 29.0 Å². The van der Waals surface area contributed by atoms with Crippen LogP contribution in [-0.4, -0.2) is 49.8 Å². The largest absolute Gasteiger partial charge is 0.454 e. The zero-order valence-electron chi connectivity index (χ0n) is 14.2. The molecule has 0 radical (unpaired) electrons. The van der Waals surface area contributed by atoms with Gasteiger partial charge in [0.05, 0.1) is 0 Å². The van der Waals surface area contributed by atoms with E-state index in [-0.39, 0.29) is 0 Å². The molecule has 0 aromatic heterocycles. The van der Waals surface area contributed by atoms with E-state index in [1.165, 1.54) is 5.56 Å². The average molecular weight is 294 g/mol. The number of piperazine rings is 1. The maximum atomic E-state index is 5.40. The molecule has 0 saturated carbocycles. The monoisotopic (exact) mass is 294 g/mol. The molecule has 0 spiro atoms. The van der Waals surface area contributed by atoms with E-state index in [0.29, 0.717) is 6.79 Å². The van der Waals surface area contributed by atoms with Crippen LogP contribution in [0, 0.1) is 0 Å². The molecule has 0 unspecified atom stereocenters. The number of nitrogens with zero attached hydrogens (tertiary/aromatic N) is 2. The first-order valence-electron chi connectivity index (χ1n) is 8.11. The Kier molecular flexibility index (Phi) is 8.16. The molecule has 0 N–H and O–H groups in total. The van der Waals surface area contributed by atoms with E-state index in [4.69, 9.17) is 9.47 Å². The maximum Gasteiger partial charge on any atom is 0.231 e. The van der Waals surface area contributed by atoms with Crippen molar-refractivity contribution < 1.29 is 9.47 Å². The van der Waals surface area contributed by atoms with Crippen molar-refractivity contribution >= 4 is 0 Å². The molecule has 4 nitrogen and oxygen atoms in total. The van der Waals surface area contributed by atoms with E-state index in [1.54, 1.807) is 0 Å². The van der Waals surface area contributed by atoms with Crippen LogP contribution in [0.2, 0.25) is 0 Å². The predicted octanol–water partition coefficient (Wildman–Crippen LogP) is 3.22. The normalized spacial score (nSPS) is 17.4. The summed E-state index contributed by atoms with van der Waals surface area (Å²) >= 11 is 0. The number of hydrogen-bond donors (Lipinski definition) is 0. The third-order valence-electron chi connectivity index (χ3n) is 3.44. The summed E-state index contributed by atoms with van der Waals surface area (Å²) in [4.78, 5) is 4.85. The topological polar surface area (TPSA) is 24.9 Å². The third kappa shape index (κ3) is 5.21. The van der Waals surface area contributed by atoms with Crippen molar-refractivity contribution in [2.24, 2.45) is 0 Å². The van der Waals surface area contributed by atoms with Crippen LogP contribution in [-0.2, 0) is 6.54 Å². The first-order valence-corrected chi connectivity index (χ1v) is 8.11. The van der Waals surface area contributed by atoms with E-state index in [0.717, 1.165) is 44.2 Å². The third-order valence-corrected chi connectivity index (χ3v) is 3.44. The minimum absolute atomic E-state index is 0.354. The Morgan fingerprint density at radius 3 is 2.19 bits per heavy atom. The second-order valence-corrected chi connectivity index (χ2v) is 4.77. The first-order chi connectivity index (χ1) is 10.3. The number of benzene rings is 1. The Morgan fingerprint density at radius 1 is 0.905 bits per heavy atom. The predicted molar refractivity (Wildman–Crippen MR) is 88.0 cm³/mol. The molecule has 3 rings (SSSR count). The zero-order chi connectivity index (χ0) is 15.7. The van der Waals surface area contributed by atoms with E-state index in [1.807, 2.05) is 33.8 Å². The highest BCUT2D eigenvalue weighted by molar-refractivity contribution is 5.44. The average Bonchev–Trinajstić information content (AvgIpc) is 3.01. The molecule has 2 aliphatic rings. The molecule has 0 bridgehead atoms. The van der Waals surface area contributed by atoms with Gasteiger partial charge in [0.25, 0.3) is 0 Å². The summed E-state index contributed by atoms with van der Waals surface area (Å²) < 4.78 is 10.7. The van der Waals surface area contributed by atoms with Crippen molar-refractivity contribution in [3.05, 3.63) is 23.8 Å². The second kappa shape index (κ2) is 9.64. The Hall–Kier alpha value is -1.26. The summed E-state index contributed by atoms with van der Waals surface area (Å²) in [5.41, 5.74) is 1.30. The van der Waals surface area contributed by atoms with Gasteiger partial charge in [-0.05, 0) is 24.7 Å². The van der Waals surface area contributed by atoms with Crippen molar-refractivity contribution in [3.8, 4) is 11.5 Å². The molecular weight excluding hydrogens is 264 g/mol. The molecule has 0 aliphatic carbocycles. The molecule has 1 saturated heterocycles. The molecule has 0 atom stereocenters. The minimum atomic E-state index is 0.354. The number of hydrogen-bond acceptors (Lipinski definition) is 4. The molecule has 1 fully saturated rings. The zero-order valence-corrected chi connectivity index (χ0v) is 14.2. The van der Waals surface area contributed by atoms with Gasteiger partial charge >= 0.3 is 0 Å². The lowest BCUT2D eigenvalue weighted by Gasteiger charge is -2.32. The smallest absolute Gasteiger partial charge is 0.231 e. The van der Waals surface area contributed by atoms with Crippen molar-refractivity contribution in [1.29, 1.82) is 0 Å². The summed E-state index contributed by atoms with van der Waals surface area (Å²) in [5.74, 6) is 1.75. The molecule has 120 valence electrons. The van der Waals surface area contributed by atoms with Gasteiger partial charge in [0.2, 0.25) is 6.79 Å². The molecule has 4 heteroatoms. The number of likely N-dealkylation sites (N-methyl/N-ethyl adjacent to an activating group) is 1. The van der Waals surface area contributed by atoms with Gasteiger partial charge in [-0.3, -0.25) is 4.90 Å². The molecule has 21 heavy (non-hydrogen) atoms. The van der Waals surface area contributed by atoms with Crippen LogP contribution >= 0.6 is 0 Å². The quantitative estimate of drug-likeness (QED) is 0.836. The molecule has 0 amide bonds. The highest BCUT2D eigenvalue weighted by Crippen LogP contribution is 2.32. The Balaban J connectivity index is 0.000000510. The Labute approximate surface area is 129 Å². The van der Waals surface area contributed by atoms with Crippen molar-refractivity contribution in [2.45, 2.75) is 34.2 Å². The van der Waals surface area contributed by atoms with Gasteiger partial charge < -0.3 is 14.4 Å². The highest BCUT2D eigenvalue weighted by atomic mass is 16.7. The lowest BCUT2D eigenvalue weighted by Crippen LogP contribution is -2.43. The van der Waals surface area contributed by atoms with Crippen LogP contribution in [0.5, 0.6) is 11.5 Å². The molecular formula is C17H30N2O2. The van der Waals surface area contributed by atoms with E-state index in [9.17, 15) is 0 Å². The summed E-state index contributed by atoms with van der Waals surface area (Å²) in [7, 11) is 2.18. The van der Waals surface area contributed by atoms with Crippen LogP contribution in [0.3, 0.4) is 0 Å². The Bertz CT molecular complexity index is 402. The molecule has 2 heterocycles. The number of ether oxygens (including phenoxy) is 2. The molecule has 1 aromatic rings. The van der Waals surface area contributed by atoms with Crippen molar-refractivity contribution in [1.82, 2.24) is 9.80 Å². The number of rotatable bonds is 2. The van der Waals surface area contributed by atoms with Crippen LogP contribution in [0.1, 0.15) is 33.3 Å². The van der Waals surface area contributed by atoms with Crippen LogP contribution < -0.4 is 9.47 Å². The molecule has 1 aromatic carbocycles. The minimum Gasteiger partial charge on any atom is -0.454 e. The van der Waals surface area contributed by atoms with Gasteiger partial charge in [-0.25, -0.2) is 0 Å². The fourth-order valence-corrected chi connectivity index (χ4v) is 2.30. The van der Waals surface area contributed by atoms with Gasteiger partial charge in [-0.1, -0.05) is 33.8 Å². The van der Waals surface area contributed by atoms with Crippen LogP contribution in [0.4, 0.5) is 0 Å². The number of fused-ring (bicyclic) bond motifs is 1. The van der Waals surface area contributed by atoms with E-state index < -0.39 is 0 Å². The first kappa shape index (κ1) is 17.8. The fourth-order valence-electron chi connectivity index (χ4n) is 2.30. The van der Waals surface area contributed by atoms with Crippen molar-refractivity contribution in [3.63, 3.8) is 0 Å². The van der Waals surface area contributed by atoms with Gasteiger partial charge in [-0.2, -0.15) is 0 Å². The van der Waals surface area contributed by atoms with Crippen LogP contribution in [0.25, 0.3) is 0 Å². The summed E-state index contributed by atoms with van der Waals surface area (Å²) in [6, 6.07) is 6.24. The van der Waals surface area contributed by atoms with E-state index >= 15 is 0 Å². The highest BCUT2D eigenvalue weighted by Gasteiger charge is 2.16. The standard InChI is InChI=1S/C13H18N2O2.2C2H6/c1-14-4-6-15(7-5-14)9-11-2-3-12-13(8-11)17-10-16-12;2*1-2/h2-3,8H,4-7,9-10H2,1H3;2*1-2H3. The summed E-state index contributed by atoms with van der Waals surface area (Å²) in [6.45, 7) is 14.0. The van der Waals surface area contributed by atoms with Gasteiger partial charge in [0, 0.05) is 32.7 Å². The van der Waals surface area contributed by atoms with Gasteiger partial charge in [-0.15, -0.1) is 0 Å². The van der Waals surface area contributed by atoms with Gasteiger partial charge in [0.1, 0.15) is 0 Å². The molecule has 2 aliphatic heterocycles. The Morgan fingerprint density at radius 2 is 1.52 bits per heavy atom. The SMILES string of the molecule is CC.CC.CN1CCN(Cc2ccc3c(c2)OCO3)CC1. The van der Waals surface area contributed by atoms with Crippen molar-refractivity contribution in [2.75, 3.05) is 40.0 Å². The summed E-state index contributed by atoms with van der Waals surface area (Å²) in [6.07, 6.45) is 0. The maximum absolute atomic E-state index is 5.40. The second-order valence-electron chi connectivity index (χ2n) is 4.77. The lowest BCUT2D eigenvalue weighted by atomic mass is 10.2. The lowest BCUT2D eigenvalue weighted by molar-refractivity contribution is 0.148. The fraction of sp³-hybridized carbons (Fsp3) is 0.647. The van der Waals surface area contributed by atoms with Crippen LogP contribution in [0.15, 0.2) is 18.2 Å².